The van der Waals surface area contributed by atoms with Crippen molar-refractivity contribution in [3.63, 3.8) is 0 Å². The van der Waals surface area contributed by atoms with E-state index < -0.39 is 4.92 Å². The fourth-order valence-electron chi connectivity index (χ4n) is 2.59. The zero-order valence-electron chi connectivity index (χ0n) is 13.4. The predicted octanol–water partition coefficient (Wildman–Crippen LogP) is 3.66. The summed E-state index contributed by atoms with van der Waals surface area (Å²) in [5.41, 5.74) is 2.62. The summed E-state index contributed by atoms with van der Waals surface area (Å²) >= 11 is 0. The molecule has 3 aromatic rings. The number of benzene rings is 1. The third-order valence-corrected chi connectivity index (χ3v) is 3.80. The van der Waals surface area contributed by atoms with Crippen molar-refractivity contribution in [1.82, 2.24) is 14.8 Å². The molecule has 7 heteroatoms. The zero-order valence-corrected chi connectivity index (χ0v) is 13.4. The summed E-state index contributed by atoms with van der Waals surface area (Å²) in [6, 6.07) is 11.5. The lowest BCUT2D eigenvalue weighted by Crippen LogP contribution is -2.12. The number of rotatable bonds is 5. The van der Waals surface area contributed by atoms with Crippen molar-refractivity contribution in [2.24, 2.45) is 0 Å². The van der Waals surface area contributed by atoms with Gasteiger partial charge in [0, 0.05) is 18.0 Å². The molecule has 0 fully saturated rings. The number of nitrogens with zero attached hydrogens (tertiary/aromatic N) is 4. The smallest absolute Gasteiger partial charge is 0.290 e. The number of nitrogens with one attached hydrogen (secondary N) is 1. The van der Waals surface area contributed by atoms with Crippen molar-refractivity contribution in [2.45, 2.75) is 19.9 Å². The Balaban J connectivity index is 1.87. The van der Waals surface area contributed by atoms with Gasteiger partial charge in [0.1, 0.15) is 12.0 Å². The van der Waals surface area contributed by atoms with E-state index in [0.29, 0.717) is 11.4 Å². The van der Waals surface area contributed by atoms with E-state index in [1.54, 1.807) is 19.2 Å². The van der Waals surface area contributed by atoms with E-state index in [1.165, 1.54) is 6.20 Å². The Morgan fingerprint density at radius 2 is 2.08 bits per heavy atom. The molecule has 0 aliphatic rings. The zero-order chi connectivity index (χ0) is 17.1. The highest BCUT2D eigenvalue weighted by molar-refractivity contribution is 5.50. The van der Waals surface area contributed by atoms with Gasteiger partial charge in [-0.3, -0.25) is 10.1 Å². The normalized spacial score (nSPS) is 11.9. The summed E-state index contributed by atoms with van der Waals surface area (Å²) in [6.07, 6.45) is 4.90. The average molecular weight is 323 g/mol. The number of hydrogen-bond donors (Lipinski definition) is 1. The van der Waals surface area contributed by atoms with Crippen LogP contribution in [-0.2, 0) is 0 Å². The minimum atomic E-state index is -0.428. The SMILES string of the molecule is Cc1cc(NC(C)c2ccccc2-n2cccn2)ncc1[N+](=O)[O-]. The monoisotopic (exact) mass is 323 g/mol. The number of aromatic nitrogens is 3. The maximum absolute atomic E-state index is 10.9. The number of nitro groups is 1. The quantitative estimate of drug-likeness (QED) is 0.572. The molecule has 0 saturated carbocycles. The first-order valence-electron chi connectivity index (χ1n) is 7.53. The summed E-state index contributed by atoms with van der Waals surface area (Å²) in [4.78, 5) is 14.6. The van der Waals surface area contributed by atoms with Gasteiger partial charge in [0.25, 0.3) is 5.69 Å². The summed E-state index contributed by atoms with van der Waals surface area (Å²) in [6.45, 7) is 3.72. The van der Waals surface area contributed by atoms with E-state index in [2.05, 4.69) is 15.4 Å². The second kappa shape index (κ2) is 6.49. The highest BCUT2D eigenvalue weighted by atomic mass is 16.6. The van der Waals surface area contributed by atoms with Crippen LogP contribution >= 0.6 is 0 Å². The summed E-state index contributed by atoms with van der Waals surface area (Å²) in [5.74, 6) is 0.598. The Kier molecular flexibility index (Phi) is 4.24. The Bertz CT molecular complexity index is 861. The molecule has 2 heterocycles. The molecule has 122 valence electrons. The minimum Gasteiger partial charge on any atom is -0.363 e. The maximum atomic E-state index is 10.9. The lowest BCUT2D eigenvalue weighted by Gasteiger charge is -2.18. The van der Waals surface area contributed by atoms with Crippen LogP contribution in [0.15, 0.2) is 55.0 Å². The highest BCUT2D eigenvalue weighted by Gasteiger charge is 2.15. The van der Waals surface area contributed by atoms with Gasteiger partial charge < -0.3 is 5.32 Å². The van der Waals surface area contributed by atoms with Crippen molar-refractivity contribution in [1.29, 1.82) is 0 Å². The molecule has 7 nitrogen and oxygen atoms in total. The molecular weight excluding hydrogens is 306 g/mol. The summed E-state index contributed by atoms with van der Waals surface area (Å²) < 4.78 is 1.81. The van der Waals surface area contributed by atoms with Crippen LogP contribution in [0.1, 0.15) is 24.1 Å². The van der Waals surface area contributed by atoms with Gasteiger partial charge >= 0.3 is 0 Å². The average Bonchev–Trinajstić information content (AvgIpc) is 3.09. The van der Waals surface area contributed by atoms with E-state index in [4.69, 9.17) is 0 Å². The molecule has 0 radical (unpaired) electrons. The largest absolute Gasteiger partial charge is 0.363 e. The van der Waals surface area contributed by atoms with Gasteiger partial charge in [-0.15, -0.1) is 0 Å². The fraction of sp³-hybridized carbons (Fsp3) is 0.176. The first kappa shape index (κ1) is 15.7. The molecule has 0 bridgehead atoms. The molecule has 2 aromatic heterocycles. The van der Waals surface area contributed by atoms with Crippen molar-refractivity contribution < 1.29 is 4.92 Å². The Labute approximate surface area is 139 Å². The number of pyridine rings is 1. The van der Waals surface area contributed by atoms with Gasteiger partial charge in [-0.2, -0.15) is 5.10 Å². The number of para-hydroxylation sites is 1. The predicted molar refractivity (Wildman–Crippen MR) is 91.2 cm³/mol. The van der Waals surface area contributed by atoms with Crippen LogP contribution < -0.4 is 5.32 Å². The summed E-state index contributed by atoms with van der Waals surface area (Å²) in [7, 11) is 0. The van der Waals surface area contributed by atoms with E-state index in [1.807, 2.05) is 48.1 Å². The van der Waals surface area contributed by atoms with Crippen LogP contribution in [0, 0.1) is 17.0 Å². The molecule has 0 saturated heterocycles. The first-order chi connectivity index (χ1) is 11.6. The molecule has 1 unspecified atom stereocenters. The Morgan fingerprint density at radius 1 is 1.29 bits per heavy atom. The van der Waals surface area contributed by atoms with Gasteiger partial charge in [0.2, 0.25) is 0 Å². The molecule has 3 rings (SSSR count). The van der Waals surface area contributed by atoms with Crippen molar-refractivity contribution >= 4 is 11.5 Å². The lowest BCUT2D eigenvalue weighted by atomic mass is 10.1. The van der Waals surface area contributed by atoms with Gasteiger partial charge in [-0.25, -0.2) is 9.67 Å². The van der Waals surface area contributed by atoms with Crippen LogP contribution in [0.3, 0.4) is 0 Å². The van der Waals surface area contributed by atoms with Gasteiger partial charge in [0.15, 0.2) is 0 Å². The molecule has 0 aliphatic carbocycles. The molecule has 1 atom stereocenters. The molecule has 0 spiro atoms. The van der Waals surface area contributed by atoms with Crippen LogP contribution in [-0.4, -0.2) is 19.7 Å². The van der Waals surface area contributed by atoms with Crippen molar-refractivity contribution in [3.8, 4) is 5.69 Å². The van der Waals surface area contributed by atoms with E-state index in [9.17, 15) is 10.1 Å². The molecule has 1 N–H and O–H groups in total. The molecule has 24 heavy (non-hydrogen) atoms. The van der Waals surface area contributed by atoms with Crippen molar-refractivity contribution in [3.05, 3.63) is 76.2 Å². The topological polar surface area (TPSA) is 85.9 Å². The molecular formula is C17H17N5O2. The molecule has 1 aromatic carbocycles. The van der Waals surface area contributed by atoms with E-state index in [-0.39, 0.29) is 11.7 Å². The maximum Gasteiger partial charge on any atom is 0.290 e. The van der Waals surface area contributed by atoms with Gasteiger partial charge in [0.05, 0.1) is 16.7 Å². The third-order valence-electron chi connectivity index (χ3n) is 3.80. The van der Waals surface area contributed by atoms with Crippen LogP contribution in [0.5, 0.6) is 0 Å². The number of aryl methyl sites for hydroxylation is 1. The van der Waals surface area contributed by atoms with E-state index in [0.717, 1.165) is 11.3 Å². The molecule has 0 aliphatic heterocycles. The molecule has 0 amide bonds. The second-order valence-electron chi connectivity index (χ2n) is 5.49. The van der Waals surface area contributed by atoms with Gasteiger partial charge in [-0.05, 0) is 37.6 Å². The third kappa shape index (κ3) is 3.10. The highest BCUT2D eigenvalue weighted by Crippen LogP contribution is 2.26. The first-order valence-corrected chi connectivity index (χ1v) is 7.53. The van der Waals surface area contributed by atoms with E-state index >= 15 is 0 Å². The fourth-order valence-corrected chi connectivity index (χ4v) is 2.59. The van der Waals surface area contributed by atoms with Gasteiger partial charge in [-0.1, -0.05) is 18.2 Å². The van der Waals surface area contributed by atoms with Crippen molar-refractivity contribution in [2.75, 3.05) is 5.32 Å². The summed E-state index contributed by atoms with van der Waals surface area (Å²) in [5, 5.41) is 18.5. The minimum absolute atomic E-state index is 0.0187. The Hall–Kier alpha value is -3.22. The lowest BCUT2D eigenvalue weighted by molar-refractivity contribution is -0.385. The van der Waals surface area contributed by atoms with Crippen LogP contribution in [0.4, 0.5) is 11.5 Å². The van der Waals surface area contributed by atoms with Crippen LogP contribution in [0.2, 0.25) is 0 Å². The van der Waals surface area contributed by atoms with Crippen LogP contribution in [0.25, 0.3) is 5.69 Å². The standard InChI is InChI=1S/C17H17N5O2/c1-12-10-17(18-11-16(12)22(23)24)20-13(2)14-6-3-4-7-15(14)21-9-5-8-19-21/h3-11,13H,1-2H3,(H,18,20). The number of hydrogen-bond acceptors (Lipinski definition) is 5. The Morgan fingerprint density at radius 3 is 2.75 bits per heavy atom. The second-order valence-corrected chi connectivity index (χ2v) is 5.49. The number of anilines is 1.